The van der Waals surface area contributed by atoms with Crippen molar-refractivity contribution in [1.29, 1.82) is 0 Å². The third-order valence-electron chi connectivity index (χ3n) is 6.10. The monoisotopic (exact) mass is 411 g/mol. The molecule has 30 heavy (non-hydrogen) atoms. The van der Waals surface area contributed by atoms with Crippen molar-refractivity contribution in [2.75, 3.05) is 32.8 Å². The molecular weight excluding hydrogens is 382 g/mol. The van der Waals surface area contributed by atoms with Gasteiger partial charge in [0.2, 0.25) is 0 Å². The van der Waals surface area contributed by atoms with Gasteiger partial charge in [-0.25, -0.2) is 0 Å². The zero-order valence-electron chi connectivity index (χ0n) is 17.3. The number of aromatic nitrogens is 1. The van der Waals surface area contributed by atoms with Crippen molar-refractivity contribution in [1.82, 2.24) is 14.4 Å². The van der Waals surface area contributed by atoms with Crippen LogP contribution in [0.2, 0.25) is 0 Å². The van der Waals surface area contributed by atoms with Crippen LogP contribution in [-0.2, 0) is 11.8 Å². The number of piperidine rings is 1. The number of aliphatic hydroxyl groups excluding tert-OH is 1. The van der Waals surface area contributed by atoms with Gasteiger partial charge < -0.3 is 24.2 Å². The van der Waals surface area contributed by atoms with E-state index in [9.17, 15) is 14.7 Å². The van der Waals surface area contributed by atoms with Gasteiger partial charge in [0.05, 0.1) is 24.9 Å². The first-order chi connectivity index (χ1) is 14.5. The Bertz CT molecular complexity index is 922. The lowest BCUT2D eigenvalue weighted by Crippen LogP contribution is -2.53. The van der Waals surface area contributed by atoms with E-state index in [4.69, 9.17) is 4.74 Å². The van der Waals surface area contributed by atoms with Crippen LogP contribution in [0.3, 0.4) is 0 Å². The van der Waals surface area contributed by atoms with Gasteiger partial charge in [0.25, 0.3) is 11.5 Å². The molecule has 1 amide bonds. The first kappa shape index (κ1) is 20.8. The second-order valence-corrected chi connectivity index (χ2v) is 8.13. The summed E-state index contributed by atoms with van der Waals surface area (Å²) in [5.74, 6) is -0.257. The smallest absolute Gasteiger partial charge is 0.263 e. The molecule has 1 N–H and O–H groups in total. The Kier molecular flexibility index (Phi) is 6.32. The van der Waals surface area contributed by atoms with Gasteiger partial charge in [-0.2, -0.15) is 0 Å². The number of aryl methyl sites for hydroxylation is 1. The van der Waals surface area contributed by atoms with Gasteiger partial charge in [0.15, 0.2) is 0 Å². The SMILES string of the molecule is Cn1cccc(C(=O)N2CCO[C@@H](CN3CCC(O)CC3)[C@@H]2c2ccccc2)c1=O. The summed E-state index contributed by atoms with van der Waals surface area (Å²) in [5, 5.41) is 9.81. The molecule has 1 aromatic heterocycles. The molecule has 3 heterocycles. The van der Waals surface area contributed by atoms with Crippen molar-refractivity contribution < 1.29 is 14.6 Å². The van der Waals surface area contributed by atoms with Crippen molar-refractivity contribution in [3.63, 3.8) is 0 Å². The molecule has 0 unspecified atom stereocenters. The first-order valence-electron chi connectivity index (χ1n) is 10.6. The van der Waals surface area contributed by atoms with Gasteiger partial charge in [-0.3, -0.25) is 9.59 Å². The third kappa shape index (κ3) is 4.33. The van der Waals surface area contributed by atoms with E-state index in [-0.39, 0.29) is 35.3 Å². The van der Waals surface area contributed by atoms with Crippen LogP contribution in [0, 0.1) is 0 Å². The largest absolute Gasteiger partial charge is 0.393 e. The number of ether oxygens (including phenoxy) is 1. The Morgan fingerprint density at radius 2 is 1.83 bits per heavy atom. The number of hydrogen-bond donors (Lipinski definition) is 1. The summed E-state index contributed by atoms with van der Waals surface area (Å²) in [5.41, 5.74) is 0.894. The Balaban J connectivity index is 1.64. The van der Waals surface area contributed by atoms with Crippen LogP contribution in [0.5, 0.6) is 0 Å². The summed E-state index contributed by atoms with van der Waals surface area (Å²) >= 11 is 0. The number of morpholine rings is 1. The summed E-state index contributed by atoms with van der Waals surface area (Å²) in [7, 11) is 1.65. The fraction of sp³-hybridized carbons (Fsp3) is 0.478. The van der Waals surface area contributed by atoms with E-state index in [0.717, 1.165) is 31.5 Å². The minimum Gasteiger partial charge on any atom is -0.393 e. The van der Waals surface area contributed by atoms with Crippen LogP contribution in [-0.4, -0.2) is 70.4 Å². The molecule has 1 aromatic carbocycles. The minimum atomic E-state index is -0.289. The molecule has 2 aliphatic rings. The molecule has 0 spiro atoms. The molecule has 2 aliphatic heterocycles. The van der Waals surface area contributed by atoms with Crippen molar-refractivity contribution in [3.05, 3.63) is 70.1 Å². The van der Waals surface area contributed by atoms with E-state index in [2.05, 4.69) is 4.90 Å². The number of benzene rings is 1. The number of likely N-dealkylation sites (tertiary alicyclic amines) is 1. The average molecular weight is 412 g/mol. The zero-order chi connectivity index (χ0) is 21.1. The van der Waals surface area contributed by atoms with E-state index in [0.29, 0.717) is 19.7 Å². The number of nitrogens with zero attached hydrogens (tertiary/aromatic N) is 3. The quantitative estimate of drug-likeness (QED) is 0.824. The maximum absolute atomic E-state index is 13.4. The van der Waals surface area contributed by atoms with Crippen LogP contribution in [0.15, 0.2) is 53.5 Å². The molecule has 4 rings (SSSR count). The van der Waals surface area contributed by atoms with Gasteiger partial charge in [0.1, 0.15) is 5.56 Å². The third-order valence-corrected chi connectivity index (χ3v) is 6.10. The molecule has 2 aromatic rings. The zero-order valence-corrected chi connectivity index (χ0v) is 17.3. The molecule has 0 saturated carbocycles. The average Bonchev–Trinajstić information content (AvgIpc) is 2.77. The number of carbonyl (C=O) groups excluding carboxylic acids is 1. The van der Waals surface area contributed by atoms with E-state index < -0.39 is 0 Å². The number of hydrogen-bond acceptors (Lipinski definition) is 5. The molecule has 2 saturated heterocycles. The van der Waals surface area contributed by atoms with E-state index >= 15 is 0 Å². The summed E-state index contributed by atoms with van der Waals surface area (Å²) in [6.07, 6.45) is 2.73. The van der Waals surface area contributed by atoms with E-state index in [1.165, 1.54) is 4.57 Å². The molecule has 7 heteroatoms. The van der Waals surface area contributed by atoms with Crippen molar-refractivity contribution in [2.24, 2.45) is 7.05 Å². The van der Waals surface area contributed by atoms with Gasteiger partial charge >= 0.3 is 0 Å². The van der Waals surface area contributed by atoms with Gasteiger partial charge in [-0.1, -0.05) is 30.3 Å². The van der Waals surface area contributed by atoms with Gasteiger partial charge in [-0.15, -0.1) is 0 Å². The van der Waals surface area contributed by atoms with Crippen molar-refractivity contribution >= 4 is 5.91 Å². The lowest BCUT2D eigenvalue weighted by atomic mass is 9.96. The topological polar surface area (TPSA) is 75.0 Å². The summed E-state index contributed by atoms with van der Waals surface area (Å²) in [6.45, 7) is 3.18. The van der Waals surface area contributed by atoms with Crippen LogP contribution in [0.25, 0.3) is 0 Å². The lowest BCUT2D eigenvalue weighted by Gasteiger charge is -2.44. The Labute approximate surface area is 176 Å². The second kappa shape index (κ2) is 9.12. The Morgan fingerprint density at radius 3 is 2.57 bits per heavy atom. The fourth-order valence-electron chi connectivity index (χ4n) is 4.43. The summed E-state index contributed by atoms with van der Waals surface area (Å²) < 4.78 is 7.60. The standard InChI is InChI=1S/C23H29N3O4/c1-24-11-5-8-19(22(24)28)23(29)26-14-15-30-20(16-25-12-9-18(27)10-13-25)21(26)17-6-3-2-4-7-17/h2-8,11,18,20-21,27H,9-10,12-16H2,1H3/t20-,21-/m0/s1. The number of amides is 1. The van der Waals surface area contributed by atoms with E-state index in [1.807, 2.05) is 30.3 Å². The number of rotatable bonds is 4. The molecule has 7 nitrogen and oxygen atoms in total. The maximum Gasteiger partial charge on any atom is 0.263 e. The van der Waals surface area contributed by atoms with Crippen LogP contribution in [0.1, 0.15) is 34.8 Å². The highest BCUT2D eigenvalue weighted by molar-refractivity contribution is 5.94. The minimum absolute atomic E-state index is 0.183. The van der Waals surface area contributed by atoms with Crippen LogP contribution in [0.4, 0.5) is 0 Å². The maximum atomic E-state index is 13.4. The number of carbonyl (C=O) groups is 1. The van der Waals surface area contributed by atoms with E-state index in [1.54, 1.807) is 30.3 Å². The van der Waals surface area contributed by atoms with Crippen molar-refractivity contribution in [2.45, 2.75) is 31.1 Å². The number of pyridine rings is 1. The Hall–Kier alpha value is -2.48. The van der Waals surface area contributed by atoms with Crippen molar-refractivity contribution in [3.8, 4) is 0 Å². The van der Waals surface area contributed by atoms with Gasteiger partial charge in [0, 0.05) is 39.4 Å². The molecule has 0 bridgehead atoms. The molecule has 2 fully saturated rings. The van der Waals surface area contributed by atoms with Crippen LogP contribution < -0.4 is 5.56 Å². The first-order valence-corrected chi connectivity index (χ1v) is 10.6. The fourth-order valence-corrected chi connectivity index (χ4v) is 4.43. The predicted octanol–water partition coefficient (Wildman–Crippen LogP) is 1.42. The molecule has 2 atom stereocenters. The second-order valence-electron chi connectivity index (χ2n) is 8.13. The highest BCUT2D eigenvalue weighted by Crippen LogP contribution is 2.31. The predicted molar refractivity (Wildman–Crippen MR) is 113 cm³/mol. The Morgan fingerprint density at radius 1 is 1.10 bits per heavy atom. The van der Waals surface area contributed by atoms with Crippen LogP contribution >= 0.6 is 0 Å². The molecular formula is C23H29N3O4. The van der Waals surface area contributed by atoms with Gasteiger partial charge in [-0.05, 0) is 30.5 Å². The lowest BCUT2D eigenvalue weighted by molar-refractivity contribution is -0.0771. The molecule has 0 aliphatic carbocycles. The highest BCUT2D eigenvalue weighted by Gasteiger charge is 2.38. The summed E-state index contributed by atoms with van der Waals surface area (Å²) in [6, 6.07) is 12.9. The highest BCUT2D eigenvalue weighted by atomic mass is 16.5. The number of aliphatic hydroxyl groups is 1. The summed E-state index contributed by atoms with van der Waals surface area (Å²) in [4.78, 5) is 30.1. The normalized spacial score (nSPS) is 23.5. The molecule has 160 valence electrons. The molecule has 0 radical (unpaired) electrons.